The van der Waals surface area contributed by atoms with Crippen molar-refractivity contribution in [3.8, 4) is 28.3 Å². The average Bonchev–Trinajstić information content (AvgIpc) is 3.75. The fourth-order valence-electron chi connectivity index (χ4n) is 7.13. The molecule has 0 fully saturated rings. The first kappa shape index (κ1) is 35.5. The summed E-state index contributed by atoms with van der Waals surface area (Å²) in [6, 6.07) is 42.6. The van der Waals surface area contributed by atoms with Crippen LogP contribution < -0.4 is 4.40 Å². The Kier molecular flexibility index (Phi) is 10.8. The van der Waals surface area contributed by atoms with Gasteiger partial charge in [-0.25, -0.2) is 0 Å². The van der Waals surface area contributed by atoms with E-state index in [1.165, 1.54) is 43.2 Å². The molecular formula is C49H51GeIrN3S-2. The van der Waals surface area contributed by atoms with Gasteiger partial charge in [0, 0.05) is 31.8 Å². The van der Waals surface area contributed by atoms with E-state index < -0.39 is 26.0 Å². The van der Waals surface area contributed by atoms with E-state index in [0.29, 0.717) is 23.1 Å². The third-order valence-corrected chi connectivity index (χ3v) is 15.5. The minimum absolute atomic E-state index is 0. The Hall–Kier alpha value is -3.87. The van der Waals surface area contributed by atoms with Crippen LogP contribution in [-0.2, 0) is 20.1 Å². The molecule has 0 unspecified atom stereocenters. The van der Waals surface area contributed by atoms with E-state index in [1.807, 2.05) is 29.5 Å². The summed E-state index contributed by atoms with van der Waals surface area (Å²) in [5.41, 5.74) is 9.26. The van der Waals surface area contributed by atoms with Gasteiger partial charge in [-0.1, -0.05) is 19.9 Å². The van der Waals surface area contributed by atoms with Crippen molar-refractivity contribution in [3.05, 3.63) is 144 Å². The summed E-state index contributed by atoms with van der Waals surface area (Å²) in [5.74, 6) is 8.16. The predicted molar refractivity (Wildman–Crippen MR) is 237 cm³/mol. The van der Waals surface area contributed by atoms with E-state index in [2.05, 4.69) is 139 Å². The molecule has 5 aromatic carbocycles. The van der Waals surface area contributed by atoms with Crippen molar-refractivity contribution in [2.45, 2.75) is 83.4 Å². The van der Waals surface area contributed by atoms with Crippen LogP contribution in [0.4, 0.5) is 0 Å². The van der Waals surface area contributed by atoms with Gasteiger partial charge >= 0.3 is 234 Å². The largest absolute Gasteiger partial charge is 0.304 e. The summed E-state index contributed by atoms with van der Waals surface area (Å²) in [4.78, 5) is 9.50. The minimum atomic E-state index is -2.26. The molecule has 3 heterocycles. The van der Waals surface area contributed by atoms with E-state index >= 15 is 0 Å². The number of pyridine rings is 1. The molecule has 0 spiro atoms. The number of hydrogen-bond donors (Lipinski definition) is 0. The molecule has 3 aromatic heterocycles. The average molecular weight is 983 g/mol. The molecule has 55 heavy (non-hydrogen) atoms. The van der Waals surface area contributed by atoms with Gasteiger partial charge in [0.05, 0.1) is 0 Å². The number of para-hydroxylation sites is 3. The minimum Gasteiger partial charge on any atom is -0.304 e. The maximum Gasteiger partial charge on any atom is 0.0346 e. The monoisotopic (exact) mass is 984 g/mol. The topological polar surface area (TPSA) is 30.7 Å². The van der Waals surface area contributed by atoms with Crippen LogP contribution in [0, 0.1) is 19.0 Å². The van der Waals surface area contributed by atoms with Crippen molar-refractivity contribution in [3.63, 3.8) is 0 Å². The van der Waals surface area contributed by atoms with Gasteiger partial charge in [0.15, 0.2) is 0 Å². The first-order valence-corrected chi connectivity index (χ1v) is 27.0. The molecule has 0 bridgehead atoms. The second-order valence-corrected chi connectivity index (χ2v) is 27.6. The molecule has 0 saturated heterocycles. The zero-order valence-corrected chi connectivity index (χ0v) is 38.4. The van der Waals surface area contributed by atoms with E-state index in [0.717, 1.165) is 28.0 Å². The number of aryl methyl sites for hydroxylation is 1. The number of fused-ring (bicyclic) bond motifs is 4. The number of thiophene rings is 1. The van der Waals surface area contributed by atoms with Gasteiger partial charge < -0.3 is 4.98 Å². The first-order chi connectivity index (χ1) is 27.3. The summed E-state index contributed by atoms with van der Waals surface area (Å²) in [6.07, 6.45) is 1.36. The zero-order chi connectivity index (χ0) is 41.7. The van der Waals surface area contributed by atoms with Gasteiger partial charge in [-0.05, 0) is 29.6 Å². The zero-order valence-electron chi connectivity index (χ0n) is 37.1. The third-order valence-electron chi connectivity index (χ3n) is 10.1. The molecule has 3 nitrogen and oxygen atoms in total. The number of nitrogens with zero attached hydrogens (tertiary/aromatic N) is 3. The molecule has 283 valence electrons. The summed E-state index contributed by atoms with van der Waals surface area (Å²) in [6.45, 7) is 10.2. The van der Waals surface area contributed by atoms with Crippen molar-refractivity contribution in [1.29, 1.82) is 0 Å². The normalized spacial score (nSPS) is 13.3. The molecular weight excluding hydrogens is 927 g/mol. The van der Waals surface area contributed by atoms with Crippen LogP contribution in [0.5, 0.6) is 0 Å². The number of rotatable bonds is 7. The Bertz CT molecular complexity index is 2730. The van der Waals surface area contributed by atoms with Crippen LogP contribution in [0.25, 0.3) is 59.5 Å². The van der Waals surface area contributed by atoms with Crippen molar-refractivity contribution in [2.24, 2.45) is 0 Å². The Morgan fingerprint density at radius 1 is 0.764 bits per heavy atom. The van der Waals surface area contributed by atoms with Gasteiger partial charge in [-0.3, -0.25) is 0 Å². The Balaban J connectivity index is 0.000000236. The molecule has 0 saturated carbocycles. The van der Waals surface area contributed by atoms with Crippen molar-refractivity contribution >= 4 is 60.2 Å². The second kappa shape index (κ2) is 16.7. The molecule has 0 N–H and O–H groups in total. The van der Waals surface area contributed by atoms with Crippen LogP contribution >= 0.6 is 11.3 Å². The molecule has 1 radical (unpaired) electrons. The Morgan fingerprint density at radius 3 is 2.15 bits per heavy atom. The molecule has 8 aromatic rings. The first-order valence-electron chi connectivity index (χ1n) is 20.8. The quantitative estimate of drug-likeness (QED) is 0.118. The van der Waals surface area contributed by atoms with Gasteiger partial charge in [0.1, 0.15) is 0 Å². The third kappa shape index (κ3) is 8.18. The van der Waals surface area contributed by atoms with Crippen LogP contribution in [0.15, 0.2) is 109 Å². The molecule has 0 atom stereocenters. The standard InChI is InChI=1S/C34H35GeN2S.C15H16N.Ir/c1-21(2)24-12-10-13-25(22(3)4)32(24)37-30-17-9-8-16-29(30)36-34(37)28-15-11-14-27-26-19-18-23(35(5,6)7)20-31(26)38-33(27)28;1-11(2)14-9-15(16-10-12(14)3)13-7-5-4-6-8-13;/h8-14,16-22H,1-7H3;4-7,9-11H,1-3H3;/q2*-1;/i;3D3,11D;. The van der Waals surface area contributed by atoms with Gasteiger partial charge in [-0.2, -0.15) is 0 Å². The summed E-state index contributed by atoms with van der Waals surface area (Å²) in [7, 11) is 0. The van der Waals surface area contributed by atoms with Crippen LogP contribution in [0.3, 0.4) is 0 Å². The number of benzene rings is 5. The second-order valence-electron chi connectivity index (χ2n) is 15.9. The van der Waals surface area contributed by atoms with Gasteiger partial charge in [0.25, 0.3) is 0 Å². The number of aromatic nitrogens is 3. The molecule has 0 aliphatic heterocycles. The van der Waals surface area contributed by atoms with E-state index in [4.69, 9.17) is 10.5 Å². The maximum absolute atomic E-state index is 8.16. The maximum atomic E-state index is 8.16. The number of imidazole rings is 1. The number of hydrogen-bond acceptors (Lipinski definition) is 3. The van der Waals surface area contributed by atoms with Gasteiger partial charge in [0.2, 0.25) is 0 Å². The van der Waals surface area contributed by atoms with Crippen LogP contribution in [0.2, 0.25) is 17.3 Å². The SMILES string of the molecule is CC(C)c1cccc(C(C)C)c1-n1c(-c2[c-]ccc3c2sc2c[c]([Ge]([CH3])([CH3])[CH3])ccc23)nc2ccccc21.[2H]C([2H])([2H])c1cnc(-c2[c-]cccc2)cc1C([2H])(C)C.[Ir]. The fourth-order valence-corrected chi connectivity index (χ4v) is 11.0. The summed E-state index contributed by atoms with van der Waals surface area (Å²) >= 11 is -0.0413. The van der Waals surface area contributed by atoms with E-state index in [1.54, 1.807) is 30.4 Å². The van der Waals surface area contributed by atoms with Crippen LogP contribution in [-0.4, -0.2) is 27.8 Å². The predicted octanol–water partition coefficient (Wildman–Crippen LogP) is 13.6. The Morgan fingerprint density at radius 2 is 1.49 bits per heavy atom. The van der Waals surface area contributed by atoms with E-state index in [9.17, 15) is 0 Å². The molecule has 6 heteroatoms. The van der Waals surface area contributed by atoms with E-state index in [-0.39, 0.29) is 25.7 Å². The molecule has 8 rings (SSSR count). The van der Waals surface area contributed by atoms with Crippen molar-refractivity contribution in [2.75, 3.05) is 0 Å². The Labute approximate surface area is 353 Å². The molecule has 0 amide bonds. The van der Waals surface area contributed by atoms with Crippen molar-refractivity contribution < 1.29 is 25.6 Å². The van der Waals surface area contributed by atoms with Crippen molar-refractivity contribution in [1.82, 2.24) is 14.5 Å². The smallest absolute Gasteiger partial charge is 0.0346 e. The fraction of sp³-hybridized carbons (Fsp3) is 0.265. The summed E-state index contributed by atoms with van der Waals surface area (Å²) < 4.78 is 37.5. The molecule has 0 aliphatic carbocycles. The van der Waals surface area contributed by atoms with Gasteiger partial charge in [-0.15, -0.1) is 35.9 Å². The van der Waals surface area contributed by atoms with Crippen LogP contribution in [0.1, 0.15) is 87.0 Å². The summed E-state index contributed by atoms with van der Waals surface area (Å²) in [5, 5.41) is 2.63. The molecule has 0 aliphatic rings.